The second kappa shape index (κ2) is 7.75. The lowest BCUT2D eigenvalue weighted by Gasteiger charge is -2.14. The summed E-state index contributed by atoms with van der Waals surface area (Å²) in [6.07, 6.45) is -4.88. The van der Waals surface area contributed by atoms with E-state index < -0.39 is 26.7 Å². The van der Waals surface area contributed by atoms with Crippen molar-refractivity contribution in [3.8, 4) is 0 Å². The zero-order valence-corrected chi connectivity index (χ0v) is 14.2. The molecule has 10 heteroatoms. The van der Waals surface area contributed by atoms with E-state index in [4.69, 9.17) is 5.14 Å². The van der Waals surface area contributed by atoms with Crippen molar-refractivity contribution < 1.29 is 26.4 Å². The number of carbonyl (C=O) groups is 1. The smallest absolute Gasteiger partial charge is 0.385 e. The number of halogens is 3. The normalized spacial score (nSPS) is 11.8. The lowest BCUT2D eigenvalue weighted by atomic mass is 10.2. The first kappa shape index (κ1) is 19.7. The Morgan fingerprint density at radius 1 is 1.04 bits per heavy atom. The van der Waals surface area contributed by atoms with E-state index in [0.717, 1.165) is 12.1 Å². The third-order valence-electron chi connectivity index (χ3n) is 3.33. The third kappa shape index (κ3) is 5.46. The number of nitrogens with two attached hydrogens (primary N) is 1. The van der Waals surface area contributed by atoms with Gasteiger partial charge in [-0.25, -0.2) is 13.6 Å². The van der Waals surface area contributed by atoms with E-state index in [9.17, 15) is 26.4 Å². The molecule has 0 aliphatic carbocycles. The molecule has 2 aromatic carbocycles. The molecule has 1 amide bonds. The van der Waals surface area contributed by atoms with Crippen LogP contribution in [0.2, 0.25) is 0 Å². The highest BCUT2D eigenvalue weighted by atomic mass is 32.2. The predicted octanol–water partition coefficient (Wildman–Crippen LogP) is 2.79. The number of para-hydroxylation sites is 1. The summed E-state index contributed by atoms with van der Waals surface area (Å²) in [6.45, 7) is 0.0602. The highest BCUT2D eigenvalue weighted by Crippen LogP contribution is 2.35. The molecule has 0 fully saturated rings. The SMILES string of the molecule is NS(=O)(=O)c1ccc(NCCC(=O)Nc2ccccc2)cc1C(F)(F)F. The van der Waals surface area contributed by atoms with E-state index in [2.05, 4.69) is 10.6 Å². The molecule has 0 bridgehead atoms. The quantitative estimate of drug-likeness (QED) is 0.709. The Labute approximate surface area is 148 Å². The number of rotatable bonds is 6. The molecule has 0 atom stereocenters. The molecule has 0 unspecified atom stereocenters. The zero-order chi connectivity index (χ0) is 19.4. The Morgan fingerprint density at radius 3 is 2.27 bits per heavy atom. The molecule has 0 spiro atoms. The van der Waals surface area contributed by atoms with Gasteiger partial charge in [-0.15, -0.1) is 0 Å². The standard InChI is InChI=1S/C16H16F3N3O3S/c17-16(18,19)13-10-12(6-7-14(13)26(20,24)25)21-9-8-15(23)22-11-4-2-1-3-5-11/h1-7,10,21H,8-9H2,(H,22,23)(H2,20,24,25). The molecule has 0 aliphatic rings. The van der Waals surface area contributed by atoms with Crippen molar-refractivity contribution in [2.24, 2.45) is 5.14 Å². The molecular weight excluding hydrogens is 371 g/mol. The summed E-state index contributed by atoms with van der Waals surface area (Å²) in [5.41, 5.74) is -0.731. The van der Waals surface area contributed by atoms with Crippen LogP contribution < -0.4 is 15.8 Å². The van der Waals surface area contributed by atoms with Crippen molar-refractivity contribution in [3.63, 3.8) is 0 Å². The van der Waals surface area contributed by atoms with Gasteiger partial charge in [0.1, 0.15) is 0 Å². The van der Waals surface area contributed by atoms with Crippen LogP contribution in [-0.2, 0) is 21.0 Å². The maximum atomic E-state index is 13.0. The van der Waals surface area contributed by atoms with Gasteiger partial charge in [-0.2, -0.15) is 13.2 Å². The van der Waals surface area contributed by atoms with Gasteiger partial charge in [-0.05, 0) is 30.3 Å². The number of hydrogen-bond acceptors (Lipinski definition) is 4. The van der Waals surface area contributed by atoms with Crippen molar-refractivity contribution in [1.29, 1.82) is 0 Å². The molecule has 0 heterocycles. The van der Waals surface area contributed by atoms with Crippen LogP contribution in [0.3, 0.4) is 0 Å². The van der Waals surface area contributed by atoms with Gasteiger partial charge in [0.25, 0.3) is 0 Å². The third-order valence-corrected chi connectivity index (χ3v) is 4.30. The number of alkyl halides is 3. The lowest BCUT2D eigenvalue weighted by Crippen LogP contribution is -2.20. The van der Waals surface area contributed by atoms with Crippen LogP contribution in [0.1, 0.15) is 12.0 Å². The van der Waals surface area contributed by atoms with Gasteiger partial charge in [-0.1, -0.05) is 18.2 Å². The molecule has 0 radical (unpaired) electrons. The molecule has 6 nitrogen and oxygen atoms in total. The van der Waals surface area contributed by atoms with Crippen LogP contribution in [0.15, 0.2) is 53.4 Å². The molecule has 0 aliphatic heterocycles. The second-order valence-corrected chi connectivity index (χ2v) is 6.87. The van der Waals surface area contributed by atoms with Crippen LogP contribution in [0, 0.1) is 0 Å². The van der Waals surface area contributed by atoms with Gasteiger partial charge in [0.15, 0.2) is 0 Å². The van der Waals surface area contributed by atoms with Crippen LogP contribution >= 0.6 is 0 Å². The number of sulfonamides is 1. The van der Waals surface area contributed by atoms with E-state index in [1.54, 1.807) is 30.3 Å². The number of hydrogen-bond donors (Lipinski definition) is 3. The van der Waals surface area contributed by atoms with Crippen molar-refractivity contribution in [2.45, 2.75) is 17.5 Å². The molecule has 0 aromatic heterocycles. The first-order chi connectivity index (χ1) is 12.1. The van der Waals surface area contributed by atoms with Crippen molar-refractivity contribution in [1.82, 2.24) is 0 Å². The first-order valence-corrected chi connectivity index (χ1v) is 8.95. The van der Waals surface area contributed by atoms with Crippen molar-refractivity contribution in [2.75, 3.05) is 17.2 Å². The van der Waals surface area contributed by atoms with Gasteiger partial charge < -0.3 is 10.6 Å². The minimum atomic E-state index is -4.88. The van der Waals surface area contributed by atoms with Gasteiger partial charge in [-0.3, -0.25) is 4.79 Å². The summed E-state index contributed by atoms with van der Waals surface area (Å²) in [4.78, 5) is 10.8. The molecule has 0 saturated heterocycles. The van der Waals surface area contributed by atoms with Crippen molar-refractivity contribution >= 4 is 27.3 Å². The molecule has 4 N–H and O–H groups in total. The summed E-state index contributed by atoms with van der Waals surface area (Å²) in [7, 11) is -4.51. The lowest BCUT2D eigenvalue weighted by molar-refractivity contribution is -0.139. The average molecular weight is 387 g/mol. The van der Waals surface area contributed by atoms with Gasteiger partial charge in [0.05, 0.1) is 10.5 Å². The summed E-state index contributed by atoms with van der Waals surface area (Å²) in [5.74, 6) is -0.319. The van der Waals surface area contributed by atoms with E-state index >= 15 is 0 Å². The predicted molar refractivity (Wildman–Crippen MR) is 91.0 cm³/mol. The van der Waals surface area contributed by atoms with Crippen LogP contribution in [0.4, 0.5) is 24.5 Å². The topological polar surface area (TPSA) is 101 Å². The largest absolute Gasteiger partial charge is 0.417 e. The van der Waals surface area contributed by atoms with Gasteiger partial charge in [0.2, 0.25) is 15.9 Å². The number of amides is 1. The summed E-state index contributed by atoms with van der Waals surface area (Å²) in [5, 5.41) is 10.1. The fraction of sp³-hybridized carbons (Fsp3) is 0.188. The molecule has 2 rings (SSSR count). The highest BCUT2D eigenvalue weighted by Gasteiger charge is 2.36. The summed E-state index contributed by atoms with van der Waals surface area (Å²) >= 11 is 0. The molecule has 140 valence electrons. The van der Waals surface area contributed by atoms with Crippen LogP contribution in [-0.4, -0.2) is 20.9 Å². The van der Waals surface area contributed by atoms with Crippen LogP contribution in [0.25, 0.3) is 0 Å². The zero-order valence-electron chi connectivity index (χ0n) is 13.4. The molecule has 0 saturated carbocycles. The van der Waals surface area contributed by atoms with Gasteiger partial charge in [0, 0.05) is 24.3 Å². The number of nitrogens with one attached hydrogen (secondary N) is 2. The van der Waals surface area contributed by atoms with E-state index in [1.807, 2.05) is 0 Å². The average Bonchev–Trinajstić information content (AvgIpc) is 2.54. The molecular formula is C16H16F3N3O3S. The van der Waals surface area contributed by atoms with Crippen molar-refractivity contribution in [3.05, 3.63) is 54.1 Å². The number of anilines is 2. The maximum absolute atomic E-state index is 13.0. The minimum absolute atomic E-state index is 0.00713. The fourth-order valence-corrected chi connectivity index (χ4v) is 2.91. The minimum Gasteiger partial charge on any atom is -0.385 e. The maximum Gasteiger partial charge on any atom is 0.417 e. The summed E-state index contributed by atoms with van der Waals surface area (Å²) in [6, 6.07) is 11.3. The fourth-order valence-electron chi connectivity index (χ4n) is 2.17. The Hall–Kier alpha value is -2.59. The molecule has 26 heavy (non-hydrogen) atoms. The van der Waals surface area contributed by atoms with E-state index in [0.29, 0.717) is 11.8 Å². The Kier molecular flexibility index (Phi) is 5.88. The second-order valence-electron chi connectivity index (χ2n) is 5.34. The van der Waals surface area contributed by atoms with E-state index in [-0.39, 0.29) is 24.6 Å². The monoisotopic (exact) mass is 387 g/mol. The highest BCUT2D eigenvalue weighted by molar-refractivity contribution is 7.89. The number of primary sulfonamides is 1. The Balaban J connectivity index is 2.03. The first-order valence-electron chi connectivity index (χ1n) is 7.40. The number of carbonyl (C=O) groups excluding carboxylic acids is 1. The van der Waals surface area contributed by atoms with E-state index in [1.165, 1.54) is 0 Å². The summed E-state index contributed by atoms with van der Waals surface area (Å²) < 4.78 is 61.7. The Morgan fingerprint density at radius 2 is 1.69 bits per heavy atom. The van der Waals surface area contributed by atoms with Crippen LogP contribution in [0.5, 0.6) is 0 Å². The Bertz CT molecular complexity index is 885. The number of benzene rings is 2. The molecule has 2 aromatic rings. The van der Waals surface area contributed by atoms with Gasteiger partial charge >= 0.3 is 6.18 Å².